The highest BCUT2D eigenvalue weighted by atomic mass is 35.5. The van der Waals surface area contributed by atoms with Crippen LogP contribution >= 0.6 is 23.2 Å². The van der Waals surface area contributed by atoms with Gasteiger partial charge in [-0.1, -0.05) is 36.0 Å². The van der Waals surface area contributed by atoms with Gasteiger partial charge in [0.15, 0.2) is 0 Å². The number of benzene rings is 1. The summed E-state index contributed by atoms with van der Waals surface area (Å²) in [6.45, 7) is 1.11. The van der Waals surface area contributed by atoms with Gasteiger partial charge in [-0.15, -0.1) is 0 Å². The zero-order valence-corrected chi connectivity index (χ0v) is 11.2. The van der Waals surface area contributed by atoms with E-state index in [0.717, 1.165) is 37.9 Å². The lowest BCUT2D eigenvalue weighted by Crippen LogP contribution is -2.04. The molecule has 0 fully saturated rings. The third kappa shape index (κ3) is 5.02. The monoisotopic (exact) mass is 276 g/mol. The maximum atomic E-state index is 8.63. The van der Waals surface area contributed by atoms with Crippen LogP contribution in [0.15, 0.2) is 12.1 Å². The van der Waals surface area contributed by atoms with Crippen LogP contribution < -0.4 is 11.1 Å². The third-order valence-corrected chi connectivity index (χ3v) is 3.21. The first-order valence-corrected chi connectivity index (χ1v) is 6.50. The fourth-order valence-electron chi connectivity index (χ4n) is 1.53. The van der Waals surface area contributed by atoms with Crippen molar-refractivity contribution in [1.29, 1.82) is 0 Å². The van der Waals surface area contributed by atoms with Crippen LogP contribution in [-0.2, 0) is 0 Å². The Balaban J connectivity index is 2.34. The largest absolute Gasteiger partial charge is 0.397 e. The van der Waals surface area contributed by atoms with Gasteiger partial charge in [0.25, 0.3) is 0 Å². The summed E-state index contributed by atoms with van der Waals surface area (Å²) >= 11 is 11.8. The molecule has 0 aliphatic carbocycles. The molecule has 0 amide bonds. The summed E-state index contributed by atoms with van der Waals surface area (Å²) in [5.41, 5.74) is 7.24. The first-order chi connectivity index (χ1) is 8.15. The van der Waals surface area contributed by atoms with Crippen LogP contribution in [0.25, 0.3) is 0 Å². The summed E-state index contributed by atoms with van der Waals surface area (Å²) in [5.74, 6) is 0. The highest BCUT2D eigenvalue weighted by molar-refractivity contribution is 6.42. The van der Waals surface area contributed by atoms with Crippen molar-refractivity contribution in [3.05, 3.63) is 22.2 Å². The van der Waals surface area contributed by atoms with Gasteiger partial charge in [0.05, 0.1) is 21.4 Å². The van der Waals surface area contributed by atoms with Gasteiger partial charge in [-0.25, -0.2) is 0 Å². The minimum atomic E-state index is 0.271. The number of anilines is 2. The zero-order valence-electron chi connectivity index (χ0n) is 9.68. The molecule has 0 radical (unpaired) electrons. The van der Waals surface area contributed by atoms with Crippen LogP contribution in [0.1, 0.15) is 25.7 Å². The molecule has 1 aromatic rings. The molecule has 4 N–H and O–H groups in total. The fourth-order valence-corrected chi connectivity index (χ4v) is 1.86. The van der Waals surface area contributed by atoms with E-state index in [1.165, 1.54) is 0 Å². The predicted octanol–water partition coefficient (Wildman–Crippen LogP) is 3.54. The van der Waals surface area contributed by atoms with Gasteiger partial charge >= 0.3 is 0 Å². The summed E-state index contributed by atoms with van der Waals surface area (Å²) in [4.78, 5) is 0. The van der Waals surface area contributed by atoms with Gasteiger partial charge in [-0.3, -0.25) is 0 Å². The third-order valence-electron chi connectivity index (χ3n) is 2.49. The number of rotatable bonds is 7. The minimum absolute atomic E-state index is 0.271. The maximum Gasteiger partial charge on any atom is 0.0614 e. The summed E-state index contributed by atoms with van der Waals surface area (Å²) < 4.78 is 0. The van der Waals surface area contributed by atoms with Crippen molar-refractivity contribution in [3.63, 3.8) is 0 Å². The molecule has 0 aromatic heterocycles. The van der Waals surface area contributed by atoms with Crippen LogP contribution in [-0.4, -0.2) is 18.3 Å². The van der Waals surface area contributed by atoms with Crippen LogP contribution in [0.3, 0.4) is 0 Å². The van der Waals surface area contributed by atoms with Gasteiger partial charge in [-0.05, 0) is 25.0 Å². The van der Waals surface area contributed by atoms with Gasteiger partial charge in [-0.2, -0.15) is 0 Å². The van der Waals surface area contributed by atoms with Crippen molar-refractivity contribution >= 4 is 34.6 Å². The standard InChI is InChI=1S/C12H18Cl2N2O/c13-9-7-11(15)12(8-10(9)14)16-5-3-1-2-4-6-17/h7-8,16-17H,1-6,15H2. The Morgan fingerprint density at radius 2 is 1.71 bits per heavy atom. The zero-order chi connectivity index (χ0) is 12.7. The quantitative estimate of drug-likeness (QED) is 0.527. The maximum absolute atomic E-state index is 8.63. The highest BCUT2D eigenvalue weighted by Gasteiger charge is 2.04. The van der Waals surface area contributed by atoms with Crippen molar-refractivity contribution < 1.29 is 5.11 Å². The second-order valence-corrected chi connectivity index (χ2v) is 4.73. The Morgan fingerprint density at radius 1 is 1.06 bits per heavy atom. The summed E-state index contributed by atoms with van der Waals surface area (Å²) in [6.07, 6.45) is 4.05. The Bertz CT molecular complexity index is 359. The first kappa shape index (κ1) is 14.4. The molecular formula is C12H18Cl2N2O. The van der Waals surface area contributed by atoms with E-state index in [1.807, 2.05) is 0 Å². The lowest BCUT2D eigenvalue weighted by molar-refractivity contribution is 0.283. The molecule has 96 valence electrons. The number of nitrogen functional groups attached to an aromatic ring is 1. The van der Waals surface area contributed by atoms with E-state index >= 15 is 0 Å². The summed E-state index contributed by atoms with van der Waals surface area (Å²) in [5, 5.41) is 12.8. The first-order valence-electron chi connectivity index (χ1n) is 5.74. The predicted molar refractivity (Wildman–Crippen MR) is 74.9 cm³/mol. The Kier molecular flexibility index (Phi) is 6.48. The molecule has 1 aromatic carbocycles. The Labute approximate surface area is 112 Å². The minimum Gasteiger partial charge on any atom is -0.397 e. The number of hydrogen-bond donors (Lipinski definition) is 3. The number of aliphatic hydroxyl groups is 1. The van der Waals surface area contributed by atoms with Crippen LogP contribution in [0.4, 0.5) is 11.4 Å². The van der Waals surface area contributed by atoms with E-state index in [-0.39, 0.29) is 6.61 Å². The second-order valence-electron chi connectivity index (χ2n) is 3.92. The van der Waals surface area contributed by atoms with E-state index in [1.54, 1.807) is 12.1 Å². The average molecular weight is 277 g/mol. The molecule has 3 nitrogen and oxygen atoms in total. The molecule has 0 aliphatic rings. The van der Waals surface area contributed by atoms with Gasteiger partial charge in [0, 0.05) is 13.2 Å². The molecular weight excluding hydrogens is 259 g/mol. The van der Waals surface area contributed by atoms with Gasteiger partial charge in [0.2, 0.25) is 0 Å². The molecule has 0 heterocycles. The molecule has 0 saturated heterocycles. The molecule has 0 spiro atoms. The molecule has 0 atom stereocenters. The Morgan fingerprint density at radius 3 is 2.41 bits per heavy atom. The molecule has 5 heteroatoms. The summed E-state index contributed by atoms with van der Waals surface area (Å²) in [7, 11) is 0. The SMILES string of the molecule is Nc1cc(Cl)c(Cl)cc1NCCCCCCO. The molecule has 17 heavy (non-hydrogen) atoms. The topological polar surface area (TPSA) is 58.3 Å². The fraction of sp³-hybridized carbons (Fsp3) is 0.500. The normalized spacial score (nSPS) is 10.5. The number of nitrogens with two attached hydrogens (primary N) is 1. The highest BCUT2D eigenvalue weighted by Crippen LogP contribution is 2.30. The number of halogens is 2. The van der Waals surface area contributed by atoms with Crippen molar-refractivity contribution in [1.82, 2.24) is 0 Å². The van der Waals surface area contributed by atoms with E-state index in [2.05, 4.69) is 5.32 Å². The van der Waals surface area contributed by atoms with E-state index in [0.29, 0.717) is 15.7 Å². The average Bonchev–Trinajstić information content (AvgIpc) is 2.30. The van der Waals surface area contributed by atoms with Gasteiger partial charge in [0.1, 0.15) is 0 Å². The Hall–Kier alpha value is -0.640. The molecule has 0 aliphatic heterocycles. The van der Waals surface area contributed by atoms with Crippen LogP contribution in [0.2, 0.25) is 10.0 Å². The van der Waals surface area contributed by atoms with E-state index < -0.39 is 0 Å². The number of unbranched alkanes of at least 4 members (excludes halogenated alkanes) is 3. The van der Waals surface area contributed by atoms with Crippen molar-refractivity contribution in [2.45, 2.75) is 25.7 Å². The molecule has 0 saturated carbocycles. The van der Waals surface area contributed by atoms with E-state index in [4.69, 9.17) is 34.0 Å². The van der Waals surface area contributed by atoms with Crippen molar-refractivity contribution in [3.8, 4) is 0 Å². The number of nitrogens with one attached hydrogen (secondary N) is 1. The number of hydrogen-bond acceptors (Lipinski definition) is 3. The van der Waals surface area contributed by atoms with Crippen LogP contribution in [0, 0.1) is 0 Å². The summed E-state index contributed by atoms with van der Waals surface area (Å²) in [6, 6.07) is 3.39. The smallest absolute Gasteiger partial charge is 0.0614 e. The molecule has 0 bridgehead atoms. The molecule has 1 rings (SSSR count). The van der Waals surface area contributed by atoms with Gasteiger partial charge < -0.3 is 16.2 Å². The van der Waals surface area contributed by atoms with E-state index in [9.17, 15) is 0 Å². The van der Waals surface area contributed by atoms with Crippen molar-refractivity contribution in [2.24, 2.45) is 0 Å². The lowest BCUT2D eigenvalue weighted by atomic mass is 10.2. The lowest BCUT2D eigenvalue weighted by Gasteiger charge is -2.10. The molecule has 0 unspecified atom stereocenters. The van der Waals surface area contributed by atoms with Crippen molar-refractivity contribution in [2.75, 3.05) is 24.2 Å². The second kappa shape index (κ2) is 7.64. The van der Waals surface area contributed by atoms with Crippen LogP contribution in [0.5, 0.6) is 0 Å². The number of aliphatic hydroxyl groups excluding tert-OH is 1.